The van der Waals surface area contributed by atoms with Crippen molar-refractivity contribution in [3.05, 3.63) is 40.5 Å². The Bertz CT molecular complexity index is 1010. The predicted octanol–water partition coefficient (Wildman–Crippen LogP) is 3.46. The number of rotatable bonds is 5. The zero-order chi connectivity index (χ0) is 19.0. The van der Waals surface area contributed by atoms with E-state index in [0.29, 0.717) is 23.7 Å². The fourth-order valence-electron chi connectivity index (χ4n) is 3.12. The Morgan fingerprint density at radius 3 is 2.89 bits per heavy atom. The second kappa shape index (κ2) is 7.03. The van der Waals surface area contributed by atoms with Crippen LogP contribution in [0.2, 0.25) is 0 Å². The minimum absolute atomic E-state index is 0.0516. The van der Waals surface area contributed by atoms with E-state index in [2.05, 4.69) is 15.4 Å². The molecule has 3 heterocycles. The molecule has 0 atom stereocenters. The van der Waals surface area contributed by atoms with Crippen LogP contribution < -0.4 is 14.8 Å². The Morgan fingerprint density at radius 1 is 1.30 bits per heavy atom. The quantitative estimate of drug-likeness (QED) is 0.729. The van der Waals surface area contributed by atoms with E-state index in [4.69, 9.17) is 9.47 Å². The summed E-state index contributed by atoms with van der Waals surface area (Å²) in [6, 6.07) is 5.70. The first kappa shape index (κ1) is 17.5. The molecule has 8 heteroatoms. The third-order valence-corrected chi connectivity index (χ3v) is 5.44. The first-order chi connectivity index (χ1) is 13.0. The average Bonchev–Trinajstić information content (AvgIpc) is 3.34. The molecule has 0 saturated carbocycles. The molecular weight excluding hydrogens is 364 g/mol. The van der Waals surface area contributed by atoms with Gasteiger partial charge in [0.05, 0.1) is 11.4 Å². The molecule has 7 nitrogen and oxygen atoms in total. The third kappa shape index (κ3) is 3.52. The lowest BCUT2D eigenvalue weighted by Crippen LogP contribution is -2.12. The Balaban J connectivity index is 1.39. The largest absolute Gasteiger partial charge is 0.454 e. The molecule has 0 radical (unpaired) electrons. The summed E-state index contributed by atoms with van der Waals surface area (Å²) in [6.45, 7) is 4.23. The number of aromatic nitrogens is 3. The van der Waals surface area contributed by atoms with Crippen molar-refractivity contribution < 1.29 is 14.3 Å². The number of hydrogen-bond acceptors (Lipinski definition) is 6. The van der Waals surface area contributed by atoms with E-state index in [1.165, 1.54) is 11.3 Å². The highest BCUT2D eigenvalue weighted by Gasteiger charge is 2.16. The number of aryl methyl sites for hydroxylation is 2. The fourth-order valence-corrected chi connectivity index (χ4v) is 3.86. The van der Waals surface area contributed by atoms with Crippen LogP contribution in [-0.2, 0) is 18.3 Å². The maximum atomic E-state index is 12.3. The Morgan fingerprint density at radius 2 is 2.11 bits per heavy atom. The van der Waals surface area contributed by atoms with Crippen molar-refractivity contribution in [2.45, 2.75) is 26.7 Å². The summed E-state index contributed by atoms with van der Waals surface area (Å²) in [4.78, 5) is 16.8. The van der Waals surface area contributed by atoms with Crippen molar-refractivity contribution in [2.24, 2.45) is 7.05 Å². The molecule has 1 aliphatic heterocycles. The number of fused-ring (bicyclic) bond motifs is 1. The number of hydrogen-bond donors (Lipinski definition) is 1. The van der Waals surface area contributed by atoms with Gasteiger partial charge in [0.1, 0.15) is 0 Å². The smallest absolute Gasteiger partial charge is 0.231 e. The molecule has 4 rings (SSSR count). The highest BCUT2D eigenvalue weighted by molar-refractivity contribution is 7.14. The molecule has 27 heavy (non-hydrogen) atoms. The van der Waals surface area contributed by atoms with Crippen molar-refractivity contribution in [1.82, 2.24) is 14.8 Å². The van der Waals surface area contributed by atoms with E-state index in [1.54, 1.807) is 0 Å². The summed E-state index contributed by atoms with van der Waals surface area (Å²) in [5.41, 5.74) is 4.93. The van der Waals surface area contributed by atoms with Crippen LogP contribution in [0.5, 0.6) is 11.5 Å². The molecule has 1 aromatic carbocycles. The number of carbonyl (C=O) groups is 1. The summed E-state index contributed by atoms with van der Waals surface area (Å²) in [5.74, 6) is 1.40. The van der Waals surface area contributed by atoms with Gasteiger partial charge in [0, 0.05) is 30.1 Å². The molecular formula is C19H20N4O3S. The number of ether oxygens (including phenoxy) is 2. The van der Waals surface area contributed by atoms with Gasteiger partial charge in [-0.2, -0.15) is 5.10 Å². The molecule has 1 N–H and O–H groups in total. The van der Waals surface area contributed by atoms with Crippen LogP contribution in [0.4, 0.5) is 5.13 Å². The Hall–Kier alpha value is -2.87. The number of amides is 1. The number of carbonyl (C=O) groups excluding carboxylic acids is 1. The SMILES string of the molecule is Cc1nn(C)c(C)c1CCC(=O)Nc1nc(-c2ccc3c(c2)OCO3)cs1. The van der Waals surface area contributed by atoms with Gasteiger partial charge in [0.25, 0.3) is 0 Å². The van der Waals surface area contributed by atoms with Crippen LogP contribution in [0.3, 0.4) is 0 Å². The van der Waals surface area contributed by atoms with Crippen molar-refractivity contribution in [1.29, 1.82) is 0 Å². The normalized spacial score (nSPS) is 12.4. The average molecular weight is 384 g/mol. The van der Waals surface area contributed by atoms with Gasteiger partial charge >= 0.3 is 0 Å². The molecule has 0 fully saturated rings. The summed E-state index contributed by atoms with van der Waals surface area (Å²) >= 11 is 1.41. The first-order valence-electron chi connectivity index (χ1n) is 8.66. The molecule has 0 aliphatic carbocycles. The lowest BCUT2D eigenvalue weighted by atomic mass is 10.1. The van der Waals surface area contributed by atoms with Gasteiger partial charge in [-0.3, -0.25) is 9.48 Å². The highest BCUT2D eigenvalue weighted by Crippen LogP contribution is 2.36. The number of thiazole rings is 1. The molecule has 3 aromatic rings. The zero-order valence-electron chi connectivity index (χ0n) is 15.4. The Kier molecular flexibility index (Phi) is 4.57. The molecule has 0 bridgehead atoms. The Labute approximate surface area is 161 Å². The minimum atomic E-state index is -0.0516. The summed E-state index contributed by atoms with van der Waals surface area (Å²) in [5, 5.41) is 9.78. The maximum absolute atomic E-state index is 12.3. The minimum Gasteiger partial charge on any atom is -0.454 e. The topological polar surface area (TPSA) is 78.3 Å². The van der Waals surface area contributed by atoms with Gasteiger partial charge in [0.15, 0.2) is 16.6 Å². The van der Waals surface area contributed by atoms with Crippen molar-refractivity contribution >= 4 is 22.4 Å². The second-order valence-electron chi connectivity index (χ2n) is 6.43. The van der Waals surface area contributed by atoms with Crippen LogP contribution in [0, 0.1) is 13.8 Å². The number of nitrogens with one attached hydrogen (secondary N) is 1. The number of anilines is 1. The van der Waals surface area contributed by atoms with Gasteiger partial charge < -0.3 is 14.8 Å². The van der Waals surface area contributed by atoms with E-state index in [0.717, 1.165) is 34.0 Å². The maximum Gasteiger partial charge on any atom is 0.231 e. The lowest BCUT2D eigenvalue weighted by molar-refractivity contribution is -0.116. The molecule has 2 aromatic heterocycles. The molecule has 0 spiro atoms. The number of nitrogens with zero attached hydrogens (tertiary/aromatic N) is 3. The second-order valence-corrected chi connectivity index (χ2v) is 7.29. The highest BCUT2D eigenvalue weighted by atomic mass is 32.1. The number of benzene rings is 1. The van der Waals surface area contributed by atoms with Gasteiger partial charge in [-0.1, -0.05) is 0 Å². The van der Waals surface area contributed by atoms with Crippen molar-refractivity contribution in [3.8, 4) is 22.8 Å². The van der Waals surface area contributed by atoms with Crippen LogP contribution in [0.25, 0.3) is 11.3 Å². The van der Waals surface area contributed by atoms with E-state index >= 15 is 0 Å². The van der Waals surface area contributed by atoms with Crippen LogP contribution >= 0.6 is 11.3 Å². The van der Waals surface area contributed by atoms with E-state index in [9.17, 15) is 4.79 Å². The van der Waals surface area contributed by atoms with Gasteiger partial charge in [-0.25, -0.2) is 4.98 Å². The van der Waals surface area contributed by atoms with E-state index in [1.807, 2.05) is 49.2 Å². The molecule has 0 saturated heterocycles. The van der Waals surface area contributed by atoms with E-state index < -0.39 is 0 Å². The van der Waals surface area contributed by atoms with Gasteiger partial charge in [-0.15, -0.1) is 11.3 Å². The monoisotopic (exact) mass is 384 g/mol. The molecule has 0 unspecified atom stereocenters. The van der Waals surface area contributed by atoms with Crippen LogP contribution in [-0.4, -0.2) is 27.5 Å². The first-order valence-corrected chi connectivity index (χ1v) is 9.53. The summed E-state index contributed by atoms with van der Waals surface area (Å²) < 4.78 is 12.6. The fraction of sp³-hybridized carbons (Fsp3) is 0.316. The standard InChI is InChI=1S/C19H20N4O3S/c1-11-14(12(2)23(3)22-11)5-7-18(24)21-19-20-15(9-27-19)13-4-6-16-17(8-13)26-10-25-16/h4,6,8-9H,5,7,10H2,1-3H3,(H,20,21,24). The summed E-state index contributed by atoms with van der Waals surface area (Å²) in [6.07, 6.45) is 1.06. The van der Waals surface area contributed by atoms with Crippen LogP contribution in [0.1, 0.15) is 23.4 Å². The van der Waals surface area contributed by atoms with Gasteiger partial charge in [0.2, 0.25) is 12.7 Å². The molecule has 1 amide bonds. The van der Waals surface area contributed by atoms with E-state index in [-0.39, 0.29) is 12.7 Å². The van der Waals surface area contributed by atoms with Crippen LogP contribution in [0.15, 0.2) is 23.6 Å². The summed E-state index contributed by atoms with van der Waals surface area (Å²) in [7, 11) is 1.92. The van der Waals surface area contributed by atoms with Crippen molar-refractivity contribution in [2.75, 3.05) is 12.1 Å². The van der Waals surface area contributed by atoms with Crippen molar-refractivity contribution in [3.63, 3.8) is 0 Å². The zero-order valence-corrected chi connectivity index (χ0v) is 16.2. The molecule has 140 valence electrons. The lowest BCUT2D eigenvalue weighted by Gasteiger charge is -2.03. The predicted molar refractivity (Wildman–Crippen MR) is 103 cm³/mol. The van der Waals surface area contributed by atoms with Gasteiger partial charge in [-0.05, 0) is 44.0 Å². The molecule has 1 aliphatic rings. The third-order valence-electron chi connectivity index (χ3n) is 4.68.